The van der Waals surface area contributed by atoms with Crippen molar-refractivity contribution < 1.29 is 26.5 Å². The highest BCUT2D eigenvalue weighted by Gasteiger charge is 2.36. The van der Waals surface area contributed by atoms with Gasteiger partial charge in [-0.25, -0.2) is 17.2 Å². The molecule has 3 aromatic rings. The number of hydrogen-bond acceptors (Lipinski definition) is 6. The van der Waals surface area contributed by atoms with Crippen LogP contribution < -0.4 is 5.32 Å². The van der Waals surface area contributed by atoms with Crippen LogP contribution in [-0.2, 0) is 14.8 Å². The van der Waals surface area contributed by atoms with E-state index in [1.807, 2.05) is 30.5 Å². The number of nitrogens with one attached hydrogen (secondary N) is 1. The van der Waals surface area contributed by atoms with Gasteiger partial charge in [0.15, 0.2) is 10.7 Å². The Hall–Kier alpha value is -3.02. The van der Waals surface area contributed by atoms with Crippen LogP contribution in [0.4, 0.5) is 14.5 Å². The van der Waals surface area contributed by atoms with Gasteiger partial charge in [-0.2, -0.15) is 4.31 Å². The Kier molecular flexibility index (Phi) is 7.91. The summed E-state index contributed by atoms with van der Waals surface area (Å²) in [5.74, 6) is -2.01. The third-order valence-electron chi connectivity index (χ3n) is 5.97. The third-order valence-corrected chi connectivity index (χ3v) is 8.75. The molecule has 0 unspecified atom stereocenters. The molecule has 1 saturated heterocycles. The number of anilines is 1. The van der Waals surface area contributed by atoms with E-state index in [4.69, 9.17) is 4.52 Å². The summed E-state index contributed by atoms with van der Waals surface area (Å²) in [6.07, 6.45) is 5.28. The molecule has 0 aliphatic carbocycles. The molecule has 0 spiro atoms. The lowest BCUT2D eigenvalue weighted by atomic mass is 9.97. The number of hydrogen-bond donors (Lipinski definition) is 1. The van der Waals surface area contributed by atoms with Gasteiger partial charge in [0.2, 0.25) is 15.9 Å². The second-order valence-electron chi connectivity index (χ2n) is 8.36. The number of sulfonamides is 1. The Balaban J connectivity index is 1.45. The number of carbonyl (C=O) groups is 1. The number of nitrogens with zero attached hydrogens (tertiary/aromatic N) is 2. The zero-order valence-corrected chi connectivity index (χ0v) is 21.3. The Morgan fingerprint density at radius 3 is 2.61 bits per heavy atom. The van der Waals surface area contributed by atoms with E-state index in [9.17, 15) is 22.0 Å². The lowest BCUT2D eigenvalue weighted by molar-refractivity contribution is -0.120. The van der Waals surface area contributed by atoms with Crippen LogP contribution in [-0.4, -0.2) is 43.1 Å². The molecule has 0 bridgehead atoms. The highest BCUT2D eigenvalue weighted by Crippen LogP contribution is 2.30. The van der Waals surface area contributed by atoms with Crippen molar-refractivity contribution >= 4 is 45.5 Å². The zero-order valence-electron chi connectivity index (χ0n) is 19.7. The van der Waals surface area contributed by atoms with Crippen molar-refractivity contribution in [3.63, 3.8) is 0 Å². The lowest BCUT2D eigenvalue weighted by Crippen LogP contribution is -2.41. The maximum Gasteiger partial charge on any atom is 0.248 e. The topological polar surface area (TPSA) is 92.5 Å². The van der Waals surface area contributed by atoms with Crippen LogP contribution in [0, 0.1) is 24.5 Å². The van der Waals surface area contributed by atoms with Crippen LogP contribution in [0.5, 0.6) is 0 Å². The molecular weight excluding hydrogens is 508 g/mol. The van der Waals surface area contributed by atoms with Crippen LogP contribution in [0.3, 0.4) is 0 Å². The van der Waals surface area contributed by atoms with Crippen LogP contribution in [0.15, 0.2) is 56.8 Å². The summed E-state index contributed by atoms with van der Waals surface area (Å²) in [6, 6.07) is 10.6. The quantitative estimate of drug-likeness (QED) is 0.420. The second kappa shape index (κ2) is 10.9. The van der Waals surface area contributed by atoms with Crippen molar-refractivity contribution in [2.24, 2.45) is 5.92 Å². The second-order valence-corrected chi connectivity index (χ2v) is 11.1. The molecule has 7 nitrogen and oxygen atoms in total. The first-order valence-corrected chi connectivity index (χ1v) is 13.9. The Morgan fingerprint density at radius 2 is 1.92 bits per heavy atom. The van der Waals surface area contributed by atoms with E-state index in [1.54, 1.807) is 11.8 Å². The molecule has 2 heterocycles. The van der Waals surface area contributed by atoms with Crippen LogP contribution in [0.2, 0.25) is 0 Å². The number of rotatable bonds is 7. The average Bonchev–Trinajstić information content (AvgIpc) is 3.24. The number of amides is 1. The summed E-state index contributed by atoms with van der Waals surface area (Å²) in [4.78, 5) is 13.7. The zero-order chi connectivity index (χ0) is 25.9. The Morgan fingerprint density at radius 1 is 1.17 bits per heavy atom. The lowest BCUT2D eigenvalue weighted by Gasteiger charge is -2.30. The van der Waals surface area contributed by atoms with Gasteiger partial charge < -0.3 is 9.84 Å². The molecule has 36 heavy (non-hydrogen) atoms. The average molecular weight is 534 g/mol. The summed E-state index contributed by atoms with van der Waals surface area (Å²) >= 11 is 1.58. The first-order chi connectivity index (χ1) is 17.2. The molecule has 190 valence electrons. The van der Waals surface area contributed by atoms with Crippen molar-refractivity contribution in [3.8, 4) is 0 Å². The predicted molar refractivity (Wildman–Crippen MR) is 135 cm³/mol. The summed E-state index contributed by atoms with van der Waals surface area (Å²) < 4.78 is 60.5. The minimum absolute atomic E-state index is 0.0511. The molecule has 0 atom stereocenters. The van der Waals surface area contributed by atoms with Crippen molar-refractivity contribution in [3.05, 3.63) is 71.1 Å². The minimum Gasteiger partial charge on any atom is -0.355 e. The van der Waals surface area contributed by atoms with Crippen molar-refractivity contribution in [2.75, 3.05) is 24.7 Å². The smallest absolute Gasteiger partial charge is 0.248 e. The van der Waals surface area contributed by atoms with Crippen molar-refractivity contribution in [1.29, 1.82) is 0 Å². The molecule has 1 aliphatic heterocycles. The van der Waals surface area contributed by atoms with Crippen LogP contribution in [0.1, 0.15) is 29.9 Å². The Labute approximate surface area is 212 Å². The summed E-state index contributed by atoms with van der Waals surface area (Å²) in [6.45, 7) is 1.83. The van der Waals surface area contributed by atoms with Gasteiger partial charge in [-0.1, -0.05) is 11.2 Å². The fraction of sp³-hybridized carbons (Fsp3) is 0.280. The number of carbonyl (C=O) groups excluding carboxylic acids is 1. The fourth-order valence-corrected chi connectivity index (χ4v) is 6.21. The number of piperidine rings is 1. The molecule has 1 N–H and O–H groups in total. The van der Waals surface area contributed by atoms with E-state index in [0.717, 1.165) is 17.0 Å². The number of thioether (sulfide) groups is 1. The van der Waals surface area contributed by atoms with E-state index in [2.05, 4.69) is 10.5 Å². The number of aromatic nitrogens is 1. The normalized spacial score (nSPS) is 15.4. The molecule has 1 fully saturated rings. The maximum absolute atomic E-state index is 14.0. The summed E-state index contributed by atoms with van der Waals surface area (Å²) in [5.41, 5.74) is 0.947. The van der Waals surface area contributed by atoms with E-state index < -0.39 is 21.7 Å². The molecule has 11 heteroatoms. The largest absolute Gasteiger partial charge is 0.355 e. The van der Waals surface area contributed by atoms with Gasteiger partial charge in [-0.05, 0) is 68.5 Å². The monoisotopic (exact) mass is 533 g/mol. The van der Waals surface area contributed by atoms with Crippen LogP contribution >= 0.6 is 11.8 Å². The van der Waals surface area contributed by atoms with E-state index in [1.165, 1.54) is 29.4 Å². The SMILES string of the molecule is CSc1cccc(NC(=O)C2CCN(S(=O)(=O)c3c(C)noc3C=Cc3ccc(F)cc3F)CC2)c1. The maximum atomic E-state index is 14.0. The van der Waals surface area contributed by atoms with Crippen molar-refractivity contribution in [2.45, 2.75) is 29.6 Å². The van der Waals surface area contributed by atoms with Gasteiger partial charge in [0.25, 0.3) is 0 Å². The fourth-order valence-electron chi connectivity index (χ4n) is 4.03. The molecule has 1 aromatic heterocycles. The van der Waals surface area contributed by atoms with Gasteiger partial charge in [0.05, 0.1) is 0 Å². The molecule has 0 radical (unpaired) electrons. The van der Waals surface area contributed by atoms with Crippen molar-refractivity contribution in [1.82, 2.24) is 9.46 Å². The summed E-state index contributed by atoms with van der Waals surface area (Å²) in [7, 11) is -3.98. The number of halogens is 2. The first kappa shape index (κ1) is 26.1. The number of benzene rings is 2. The third kappa shape index (κ3) is 5.69. The molecule has 1 amide bonds. The molecular formula is C25H25F2N3O4S2. The molecule has 1 aliphatic rings. The van der Waals surface area contributed by atoms with Gasteiger partial charge in [-0.15, -0.1) is 11.8 Å². The van der Waals surface area contributed by atoms with Gasteiger partial charge in [-0.3, -0.25) is 4.79 Å². The van der Waals surface area contributed by atoms with E-state index >= 15 is 0 Å². The molecule has 2 aromatic carbocycles. The van der Waals surface area contributed by atoms with E-state index in [0.29, 0.717) is 18.5 Å². The van der Waals surface area contributed by atoms with Gasteiger partial charge >= 0.3 is 0 Å². The van der Waals surface area contributed by atoms with Gasteiger partial charge in [0.1, 0.15) is 17.3 Å². The van der Waals surface area contributed by atoms with Gasteiger partial charge in [0, 0.05) is 41.2 Å². The Bertz CT molecular complexity index is 1400. The molecule has 4 rings (SSSR count). The summed E-state index contributed by atoms with van der Waals surface area (Å²) in [5, 5.41) is 6.70. The molecule has 0 saturated carbocycles. The highest BCUT2D eigenvalue weighted by molar-refractivity contribution is 7.98. The first-order valence-electron chi connectivity index (χ1n) is 11.2. The van der Waals surface area contributed by atoms with Crippen LogP contribution in [0.25, 0.3) is 12.2 Å². The predicted octanol–water partition coefficient (Wildman–Crippen LogP) is 5.19. The minimum atomic E-state index is -3.98. The van der Waals surface area contributed by atoms with E-state index in [-0.39, 0.29) is 46.8 Å². The highest BCUT2D eigenvalue weighted by atomic mass is 32.2. The number of aryl methyl sites for hydroxylation is 1. The standard InChI is InChI=1S/C25H25F2N3O4S2/c1-16-24(23(34-29-16)9-7-17-6-8-19(26)14-22(17)27)36(32,33)30-12-10-18(11-13-30)25(31)28-20-4-3-5-21(15-20)35-2/h3-9,14-15,18H,10-13H2,1-2H3,(H,28,31).